The molecule has 0 unspecified atom stereocenters. The van der Waals surface area contributed by atoms with Gasteiger partial charge in [-0.3, -0.25) is 9.59 Å². The molecular formula is C27H27N3O4. The number of aliphatic hydroxyl groups is 1. The lowest BCUT2D eigenvalue weighted by molar-refractivity contribution is -0.125. The third kappa shape index (κ3) is 5.32. The van der Waals surface area contributed by atoms with Crippen molar-refractivity contribution in [2.75, 3.05) is 20.2 Å². The van der Waals surface area contributed by atoms with Crippen molar-refractivity contribution in [3.63, 3.8) is 0 Å². The third-order valence-corrected chi connectivity index (χ3v) is 5.83. The van der Waals surface area contributed by atoms with Crippen LogP contribution in [0.1, 0.15) is 28.4 Å². The van der Waals surface area contributed by atoms with Gasteiger partial charge >= 0.3 is 0 Å². The fourth-order valence-corrected chi connectivity index (χ4v) is 4.06. The van der Waals surface area contributed by atoms with Crippen molar-refractivity contribution >= 4 is 17.5 Å². The van der Waals surface area contributed by atoms with Gasteiger partial charge in [-0.25, -0.2) is 0 Å². The summed E-state index contributed by atoms with van der Waals surface area (Å²) < 4.78 is 0. The molecule has 34 heavy (non-hydrogen) atoms. The van der Waals surface area contributed by atoms with Crippen LogP contribution in [0.2, 0.25) is 0 Å². The minimum Gasteiger partial charge on any atom is -0.399 e. The second kappa shape index (κ2) is 10.8. The largest absolute Gasteiger partial charge is 0.399 e. The zero-order valence-corrected chi connectivity index (χ0v) is 18.9. The minimum absolute atomic E-state index is 0.0455. The highest BCUT2D eigenvalue weighted by Crippen LogP contribution is 2.23. The molecule has 0 spiro atoms. The van der Waals surface area contributed by atoms with Gasteiger partial charge in [-0.2, -0.15) is 0 Å². The smallest absolute Gasteiger partial charge is 0.254 e. The van der Waals surface area contributed by atoms with Gasteiger partial charge in [0.15, 0.2) is 0 Å². The Labute approximate surface area is 198 Å². The predicted molar refractivity (Wildman–Crippen MR) is 130 cm³/mol. The monoisotopic (exact) mass is 457 g/mol. The number of likely N-dealkylation sites (tertiary alicyclic amines) is 1. The SMILES string of the molecule is CON=C1C[C@@H](C(=O)NC[C@H](O)c2ccccc2)N(C(=O)c2ccc(-c3ccccc3)cc2)C1. The highest BCUT2D eigenvalue weighted by atomic mass is 16.6. The van der Waals surface area contributed by atoms with E-state index in [0.717, 1.165) is 11.1 Å². The van der Waals surface area contributed by atoms with E-state index in [9.17, 15) is 14.7 Å². The standard InChI is InChI=1S/C27H27N3O4/c1-34-29-23-16-24(26(32)28-17-25(31)21-10-6-3-7-11-21)30(18-23)27(33)22-14-12-20(13-15-22)19-8-4-2-5-9-19/h2-15,24-25,31H,16-18H2,1H3,(H,28,32)/t24-,25-/m0/s1. The molecule has 2 atom stereocenters. The van der Waals surface area contributed by atoms with Gasteiger partial charge in [0.05, 0.1) is 18.4 Å². The van der Waals surface area contributed by atoms with Gasteiger partial charge in [0.2, 0.25) is 5.91 Å². The topological polar surface area (TPSA) is 91.2 Å². The molecule has 1 heterocycles. The lowest BCUT2D eigenvalue weighted by Crippen LogP contribution is -2.46. The molecular weight excluding hydrogens is 430 g/mol. The summed E-state index contributed by atoms with van der Waals surface area (Å²) >= 11 is 0. The zero-order chi connectivity index (χ0) is 23.9. The first kappa shape index (κ1) is 23.2. The number of nitrogens with one attached hydrogen (secondary N) is 1. The van der Waals surface area contributed by atoms with Crippen molar-refractivity contribution in [1.29, 1.82) is 0 Å². The number of benzene rings is 3. The van der Waals surface area contributed by atoms with Gasteiger partial charge in [-0.1, -0.05) is 78.0 Å². The number of hydrogen-bond donors (Lipinski definition) is 2. The number of carbonyl (C=O) groups is 2. The van der Waals surface area contributed by atoms with Crippen molar-refractivity contribution in [2.24, 2.45) is 5.16 Å². The molecule has 2 amide bonds. The number of rotatable bonds is 7. The van der Waals surface area contributed by atoms with Crippen LogP contribution in [0.5, 0.6) is 0 Å². The van der Waals surface area contributed by atoms with E-state index in [-0.39, 0.29) is 31.3 Å². The molecule has 7 heteroatoms. The third-order valence-electron chi connectivity index (χ3n) is 5.83. The first-order chi connectivity index (χ1) is 16.6. The van der Waals surface area contributed by atoms with Crippen molar-refractivity contribution < 1.29 is 19.5 Å². The number of aliphatic hydroxyl groups excluding tert-OH is 1. The Hall–Kier alpha value is -3.97. The molecule has 4 rings (SSSR count). The Balaban J connectivity index is 1.47. The molecule has 1 aliphatic heterocycles. The summed E-state index contributed by atoms with van der Waals surface area (Å²) in [6.07, 6.45) is -0.567. The molecule has 7 nitrogen and oxygen atoms in total. The van der Waals surface area contributed by atoms with Crippen LogP contribution in [0.25, 0.3) is 11.1 Å². The van der Waals surface area contributed by atoms with Crippen LogP contribution in [-0.2, 0) is 9.63 Å². The molecule has 3 aromatic rings. The molecule has 0 aromatic heterocycles. The van der Waals surface area contributed by atoms with Gasteiger partial charge in [0.1, 0.15) is 13.2 Å². The molecule has 0 aliphatic carbocycles. The maximum atomic E-state index is 13.3. The van der Waals surface area contributed by atoms with E-state index in [2.05, 4.69) is 10.5 Å². The first-order valence-electron chi connectivity index (χ1n) is 11.1. The average Bonchev–Trinajstić information content (AvgIpc) is 3.32. The summed E-state index contributed by atoms with van der Waals surface area (Å²) in [7, 11) is 1.44. The van der Waals surface area contributed by atoms with Crippen molar-refractivity contribution in [2.45, 2.75) is 18.6 Å². The van der Waals surface area contributed by atoms with Gasteiger partial charge in [0, 0.05) is 18.5 Å². The van der Waals surface area contributed by atoms with Crippen LogP contribution in [0.3, 0.4) is 0 Å². The first-order valence-corrected chi connectivity index (χ1v) is 11.1. The second-order valence-electron chi connectivity index (χ2n) is 8.11. The lowest BCUT2D eigenvalue weighted by atomic mass is 10.0. The quantitative estimate of drug-likeness (QED) is 0.532. The number of hydrogen-bond acceptors (Lipinski definition) is 5. The predicted octanol–water partition coefficient (Wildman–Crippen LogP) is 3.42. The molecule has 1 saturated heterocycles. The number of carbonyl (C=O) groups excluding carboxylic acids is 2. The van der Waals surface area contributed by atoms with E-state index in [0.29, 0.717) is 16.8 Å². The van der Waals surface area contributed by atoms with Gasteiger partial charge < -0.3 is 20.2 Å². The van der Waals surface area contributed by atoms with Gasteiger partial charge in [0.25, 0.3) is 5.91 Å². The van der Waals surface area contributed by atoms with E-state index in [1.54, 1.807) is 24.3 Å². The summed E-state index contributed by atoms with van der Waals surface area (Å²) in [5.41, 5.74) is 3.87. The summed E-state index contributed by atoms with van der Waals surface area (Å²) in [5, 5.41) is 17.1. The maximum Gasteiger partial charge on any atom is 0.254 e. The van der Waals surface area contributed by atoms with Crippen molar-refractivity contribution in [3.8, 4) is 11.1 Å². The molecule has 1 aliphatic rings. The summed E-state index contributed by atoms with van der Waals surface area (Å²) in [6.45, 7) is 0.246. The van der Waals surface area contributed by atoms with Crippen LogP contribution in [0.15, 0.2) is 90.1 Å². The maximum absolute atomic E-state index is 13.3. The Bertz CT molecular complexity index is 1150. The average molecular weight is 458 g/mol. The molecule has 0 saturated carbocycles. The fourth-order valence-electron chi connectivity index (χ4n) is 4.06. The molecule has 2 N–H and O–H groups in total. The second-order valence-corrected chi connectivity index (χ2v) is 8.11. The van der Waals surface area contributed by atoms with E-state index in [1.807, 2.05) is 60.7 Å². The zero-order valence-electron chi connectivity index (χ0n) is 18.9. The number of nitrogens with zero attached hydrogens (tertiary/aromatic N) is 2. The molecule has 1 fully saturated rings. The summed E-state index contributed by atoms with van der Waals surface area (Å²) in [5.74, 6) is -0.602. The van der Waals surface area contributed by atoms with Crippen LogP contribution >= 0.6 is 0 Å². The van der Waals surface area contributed by atoms with Crippen LogP contribution in [-0.4, -0.2) is 53.8 Å². The number of amides is 2. The van der Waals surface area contributed by atoms with Crippen molar-refractivity contribution in [3.05, 3.63) is 96.1 Å². The normalized spacial score (nSPS) is 17.4. The Morgan fingerprint density at radius 2 is 1.62 bits per heavy atom. The van der Waals surface area contributed by atoms with E-state index in [4.69, 9.17) is 4.84 Å². The number of oxime groups is 1. The highest BCUT2D eigenvalue weighted by Gasteiger charge is 2.38. The highest BCUT2D eigenvalue weighted by molar-refractivity contribution is 6.05. The summed E-state index contributed by atoms with van der Waals surface area (Å²) in [6, 6.07) is 25.6. The fraction of sp³-hybridized carbons (Fsp3) is 0.222. The van der Waals surface area contributed by atoms with Crippen LogP contribution in [0, 0.1) is 0 Å². The van der Waals surface area contributed by atoms with Gasteiger partial charge in [-0.05, 0) is 28.8 Å². The van der Waals surface area contributed by atoms with Gasteiger partial charge in [-0.15, -0.1) is 0 Å². The molecule has 0 radical (unpaired) electrons. The van der Waals surface area contributed by atoms with E-state index < -0.39 is 12.1 Å². The molecule has 0 bridgehead atoms. The molecule has 3 aromatic carbocycles. The van der Waals surface area contributed by atoms with E-state index >= 15 is 0 Å². The Kier molecular flexibility index (Phi) is 7.34. The van der Waals surface area contributed by atoms with Crippen LogP contribution < -0.4 is 5.32 Å². The van der Waals surface area contributed by atoms with Crippen molar-refractivity contribution in [1.82, 2.24) is 10.2 Å². The van der Waals surface area contributed by atoms with E-state index in [1.165, 1.54) is 12.0 Å². The Morgan fingerprint density at radius 3 is 2.26 bits per heavy atom. The molecule has 174 valence electrons. The lowest BCUT2D eigenvalue weighted by Gasteiger charge is -2.24. The minimum atomic E-state index is -0.839. The Morgan fingerprint density at radius 1 is 1.00 bits per heavy atom. The van der Waals surface area contributed by atoms with Crippen LogP contribution in [0.4, 0.5) is 0 Å². The summed E-state index contributed by atoms with van der Waals surface area (Å²) in [4.78, 5) is 32.7.